The third-order valence-electron chi connectivity index (χ3n) is 4.99. The van der Waals surface area contributed by atoms with Crippen molar-refractivity contribution in [3.05, 3.63) is 47.5 Å². The van der Waals surface area contributed by atoms with E-state index in [1.165, 1.54) is 6.42 Å². The highest BCUT2D eigenvalue weighted by molar-refractivity contribution is 5.56. The molecule has 1 atom stereocenters. The molecule has 5 nitrogen and oxygen atoms in total. The van der Waals surface area contributed by atoms with E-state index in [-0.39, 0.29) is 6.04 Å². The van der Waals surface area contributed by atoms with Gasteiger partial charge in [0.05, 0.1) is 27.4 Å². The monoisotopic (exact) mass is 357 g/mol. The van der Waals surface area contributed by atoms with E-state index in [2.05, 4.69) is 4.90 Å². The van der Waals surface area contributed by atoms with Gasteiger partial charge >= 0.3 is 0 Å². The molecule has 0 radical (unpaired) electrons. The number of para-hydroxylation sites is 1. The van der Waals surface area contributed by atoms with Gasteiger partial charge in [0, 0.05) is 5.56 Å². The average molecular weight is 357 g/mol. The molecule has 140 valence electrons. The smallest absolute Gasteiger partial charge is 0.203 e. The van der Waals surface area contributed by atoms with E-state index in [4.69, 9.17) is 14.2 Å². The molecule has 0 bridgehead atoms. The molecule has 26 heavy (non-hydrogen) atoms. The minimum Gasteiger partial charge on any atom is -0.508 e. The highest BCUT2D eigenvalue weighted by Gasteiger charge is 2.28. The quantitative estimate of drug-likeness (QED) is 0.847. The van der Waals surface area contributed by atoms with E-state index in [1.54, 1.807) is 27.4 Å². The summed E-state index contributed by atoms with van der Waals surface area (Å²) in [5, 5.41) is 10.5. The van der Waals surface area contributed by atoms with Crippen molar-refractivity contribution in [2.75, 3.05) is 34.4 Å². The summed E-state index contributed by atoms with van der Waals surface area (Å²) in [5.41, 5.74) is 1.91. The van der Waals surface area contributed by atoms with Crippen LogP contribution in [0, 0.1) is 0 Å². The molecule has 0 spiro atoms. The minimum atomic E-state index is -0.0646. The molecular weight excluding hydrogens is 330 g/mol. The Morgan fingerprint density at radius 2 is 1.50 bits per heavy atom. The third kappa shape index (κ3) is 3.58. The van der Waals surface area contributed by atoms with Crippen LogP contribution in [0.25, 0.3) is 0 Å². The number of benzene rings is 2. The van der Waals surface area contributed by atoms with E-state index in [9.17, 15) is 5.11 Å². The van der Waals surface area contributed by atoms with Gasteiger partial charge in [-0.3, -0.25) is 4.90 Å². The lowest BCUT2D eigenvalue weighted by Crippen LogP contribution is -2.34. The first-order chi connectivity index (χ1) is 12.7. The van der Waals surface area contributed by atoms with Gasteiger partial charge in [-0.15, -0.1) is 0 Å². The number of likely N-dealkylation sites (tertiary alicyclic amines) is 1. The fourth-order valence-electron chi connectivity index (χ4n) is 3.74. The zero-order valence-electron chi connectivity index (χ0n) is 15.7. The molecule has 1 N–H and O–H groups in total. The summed E-state index contributed by atoms with van der Waals surface area (Å²) in [7, 11) is 4.85. The number of nitrogens with zero attached hydrogens (tertiary/aromatic N) is 1. The first kappa shape index (κ1) is 18.4. The topological polar surface area (TPSA) is 51.2 Å². The van der Waals surface area contributed by atoms with Gasteiger partial charge in [-0.1, -0.05) is 24.6 Å². The van der Waals surface area contributed by atoms with Gasteiger partial charge in [-0.25, -0.2) is 0 Å². The highest BCUT2D eigenvalue weighted by Crippen LogP contribution is 2.43. The molecule has 2 aromatic carbocycles. The van der Waals surface area contributed by atoms with Crippen LogP contribution in [0.15, 0.2) is 36.4 Å². The molecule has 1 fully saturated rings. The van der Waals surface area contributed by atoms with Crippen molar-refractivity contribution in [2.24, 2.45) is 0 Å². The number of hydrogen-bond donors (Lipinski definition) is 1. The second kappa shape index (κ2) is 8.32. The zero-order valence-corrected chi connectivity index (χ0v) is 15.7. The number of phenolic OH excluding ortho intramolecular Hbond substituents is 1. The standard InChI is InChI=1S/C21H27NO4/c1-24-18-13-15(14-19(25-2)21(18)26-3)20(22-11-7-4-8-12-22)16-9-5-6-10-17(16)23/h5-6,9-10,13-14,20,23H,4,7-8,11-12H2,1-3H3. The molecule has 3 rings (SSSR count). The summed E-state index contributed by atoms with van der Waals surface area (Å²) in [6.45, 7) is 1.99. The molecule has 0 saturated carbocycles. The van der Waals surface area contributed by atoms with Crippen molar-refractivity contribution in [1.82, 2.24) is 4.90 Å². The predicted molar refractivity (Wildman–Crippen MR) is 101 cm³/mol. The zero-order chi connectivity index (χ0) is 18.5. The molecular formula is C21H27NO4. The third-order valence-corrected chi connectivity index (χ3v) is 4.99. The number of piperidine rings is 1. The number of hydrogen-bond acceptors (Lipinski definition) is 5. The Hall–Kier alpha value is -2.40. The van der Waals surface area contributed by atoms with Gasteiger partial charge in [-0.2, -0.15) is 0 Å². The summed E-state index contributed by atoms with van der Waals surface area (Å²) in [6, 6.07) is 11.4. The number of ether oxygens (including phenoxy) is 3. The molecule has 1 unspecified atom stereocenters. The maximum Gasteiger partial charge on any atom is 0.203 e. The number of phenols is 1. The molecule has 1 heterocycles. The molecule has 5 heteroatoms. The van der Waals surface area contributed by atoms with Crippen LogP contribution in [0.5, 0.6) is 23.0 Å². The Kier molecular flexibility index (Phi) is 5.89. The van der Waals surface area contributed by atoms with E-state index in [0.29, 0.717) is 23.0 Å². The van der Waals surface area contributed by atoms with Crippen molar-refractivity contribution < 1.29 is 19.3 Å². The highest BCUT2D eigenvalue weighted by atomic mass is 16.5. The molecule has 2 aromatic rings. The summed E-state index contributed by atoms with van der Waals surface area (Å²) in [4.78, 5) is 2.42. The molecule has 1 aliphatic heterocycles. The predicted octanol–water partition coefficient (Wildman–Crippen LogP) is 3.99. The summed E-state index contributed by atoms with van der Waals surface area (Å²) in [5.74, 6) is 2.13. The van der Waals surface area contributed by atoms with Crippen LogP contribution in [0.1, 0.15) is 36.4 Å². The van der Waals surface area contributed by atoms with Gasteiger partial charge in [0.2, 0.25) is 5.75 Å². The van der Waals surface area contributed by atoms with Crippen LogP contribution in [-0.4, -0.2) is 44.4 Å². The van der Waals surface area contributed by atoms with Gasteiger partial charge < -0.3 is 19.3 Å². The Morgan fingerprint density at radius 1 is 0.885 bits per heavy atom. The normalized spacial score (nSPS) is 16.1. The maximum absolute atomic E-state index is 10.5. The SMILES string of the molecule is COc1cc(C(c2ccccc2O)N2CCCCC2)cc(OC)c1OC. The number of methoxy groups -OCH3 is 3. The fraction of sp³-hybridized carbons (Fsp3) is 0.429. The van der Waals surface area contributed by atoms with Crippen molar-refractivity contribution in [1.29, 1.82) is 0 Å². The lowest BCUT2D eigenvalue weighted by atomic mass is 9.93. The van der Waals surface area contributed by atoms with Crippen molar-refractivity contribution in [3.8, 4) is 23.0 Å². The van der Waals surface area contributed by atoms with Crippen LogP contribution in [0.2, 0.25) is 0 Å². The lowest BCUT2D eigenvalue weighted by molar-refractivity contribution is 0.184. The molecule has 0 amide bonds. The van der Waals surface area contributed by atoms with E-state index in [0.717, 1.165) is 37.1 Å². The number of rotatable bonds is 6. The second-order valence-electron chi connectivity index (χ2n) is 6.52. The Balaban J connectivity index is 2.14. The van der Waals surface area contributed by atoms with Gasteiger partial charge in [0.15, 0.2) is 11.5 Å². The van der Waals surface area contributed by atoms with Crippen LogP contribution >= 0.6 is 0 Å². The van der Waals surface area contributed by atoms with Crippen LogP contribution in [-0.2, 0) is 0 Å². The summed E-state index contributed by atoms with van der Waals surface area (Å²) < 4.78 is 16.5. The maximum atomic E-state index is 10.5. The van der Waals surface area contributed by atoms with Crippen molar-refractivity contribution in [2.45, 2.75) is 25.3 Å². The Labute approximate surface area is 155 Å². The molecule has 0 aliphatic carbocycles. The van der Waals surface area contributed by atoms with Crippen molar-refractivity contribution >= 4 is 0 Å². The van der Waals surface area contributed by atoms with Crippen LogP contribution in [0.3, 0.4) is 0 Å². The van der Waals surface area contributed by atoms with Crippen LogP contribution in [0.4, 0.5) is 0 Å². The average Bonchev–Trinajstić information content (AvgIpc) is 2.69. The van der Waals surface area contributed by atoms with Crippen LogP contribution < -0.4 is 14.2 Å². The number of aromatic hydroxyl groups is 1. The first-order valence-corrected chi connectivity index (χ1v) is 9.01. The summed E-state index contributed by atoms with van der Waals surface area (Å²) in [6.07, 6.45) is 3.57. The lowest BCUT2D eigenvalue weighted by Gasteiger charge is -2.35. The fourth-order valence-corrected chi connectivity index (χ4v) is 3.74. The molecule has 0 aromatic heterocycles. The van der Waals surface area contributed by atoms with E-state index < -0.39 is 0 Å². The van der Waals surface area contributed by atoms with E-state index in [1.807, 2.05) is 30.3 Å². The van der Waals surface area contributed by atoms with Gasteiger partial charge in [-0.05, 0) is 49.7 Å². The second-order valence-corrected chi connectivity index (χ2v) is 6.52. The molecule has 1 saturated heterocycles. The largest absolute Gasteiger partial charge is 0.508 e. The summed E-state index contributed by atoms with van der Waals surface area (Å²) >= 11 is 0. The molecule has 1 aliphatic rings. The van der Waals surface area contributed by atoms with Gasteiger partial charge in [0.1, 0.15) is 5.75 Å². The Bertz CT molecular complexity index is 716. The van der Waals surface area contributed by atoms with Crippen molar-refractivity contribution in [3.63, 3.8) is 0 Å². The van der Waals surface area contributed by atoms with Gasteiger partial charge in [0.25, 0.3) is 0 Å². The van der Waals surface area contributed by atoms with E-state index >= 15 is 0 Å². The first-order valence-electron chi connectivity index (χ1n) is 9.01. The minimum absolute atomic E-state index is 0.0646. The Morgan fingerprint density at radius 3 is 2.04 bits per heavy atom.